The first-order valence-electron chi connectivity index (χ1n) is 7.97. The van der Waals surface area contributed by atoms with Crippen LogP contribution in [0.3, 0.4) is 0 Å². The first-order chi connectivity index (χ1) is 11.8. The molecule has 2 N–H and O–H groups in total. The summed E-state index contributed by atoms with van der Waals surface area (Å²) in [6.45, 7) is 3.91. The highest BCUT2D eigenvalue weighted by Crippen LogP contribution is 2.48. The Morgan fingerprint density at radius 3 is 2.16 bits per heavy atom. The van der Waals surface area contributed by atoms with Gasteiger partial charge in [0.05, 0.1) is 10.7 Å². The maximum absolute atomic E-state index is 12.7. The number of hydrogen-bond donors (Lipinski definition) is 2. The Hall–Kier alpha value is -2.04. The van der Waals surface area contributed by atoms with Crippen LogP contribution in [0.4, 0.5) is 11.4 Å². The Bertz CT molecular complexity index is 860. The zero-order valence-electron chi connectivity index (χ0n) is 14.0. The first-order valence-corrected chi connectivity index (χ1v) is 8.73. The first kappa shape index (κ1) is 17.8. The van der Waals surface area contributed by atoms with Gasteiger partial charge < -0.3 is 10.6 Å². The van der Waals surface area contributed by atoms with Crippen LogP contribution in [0.25, 0.3) is 0 Å². The highest BCUT2D eigenvalue weighted by Gasteiger charge is 2.56. The summed E-state index contributed by atoms with van der Waals surface area (Å²) in [5, 5.41) is 6.44. The number of benzene rings is 2. The monoisotopic (exact) mass is 376 g/mol. The van der Waals surface area contributed by atoms with Gasteiger partial charge in [-0.05, 0) is 56.5 Å². The van der Waals surface area contributed by atoms with Crippen molar-refractivity contribution in [1.29, 1.82) is 0 Å². The average molecular weight is 377 g/mol. The maximum Gasteiger partial charge on any atom is 0.240 e. The van der Waals surface area contributed by atoms with Gasteiger partial charge in [-0.2, -0.15) is 0 Å². The SMILES string of the molecule is Cc1ccc(NC(=O)C2(C(=O)Nc3cc(Cl)ccc3Cl)CC2)c(C)c1. The van der Waals surface area contributed by atoms with Crippen molar-refractivity contribution < 1.29 is 9.59 Å². The minimum atomic E-state index is -1.05. The molecule has 2 amide bonds. The van der Waals surface area contributed by atoms with Crippen molar-refractivity contribution in [1.82, 2.24) is 0 Å². The summed E-state index contributed by atoms with van der Waals surface area (Å²) in [4.78, 5) is 25.3. The lowest BCUT2D eigenvalue weighted by molar-refractivity contribution is -0.131. The van der Waals surface area contributed by atoms with Crippen molar-refractivity contribution in [3.8, 4) is 0 Å². The summed E-state index contributed by atoms with van der Waals surface area (Å²) in [5.41, 5.74) is 2.15. The minimum Gasteiger partial charge on any atom is -0.325 e. The number of carbonyl (C=O) groups is 2. The molecule has 1 aliphatic rings. The largest absolute Gasteiger partial charge is 0.325 e. The molecule has 1 aliphatic carbocycles. The van der Waals surface area contributed by atoms with Crippen molar-refractivity contribution in [3.05, 3.63) is 57.6 Å². The average Bonchev–Trinajstić information content (AvgIpc) is 3.35. The fourth-order valence-corrected chi connectivity index (χ4v) is 3.05. The lowest BCUT2D eigenvalue weighted by Gasteiger charge is -2.17. The van der Waals surface area contributed by atoms with Gasteiger partial charge in [0.2, 0.25) is 11.8 Å². The van der Waals surface area contributed by atoms with Crippen molar-refractivity contribution >= 4 is 46.4 Å². The fraction of sp³-hybridized carbons (Fsp3) is 0.263. The summed E-state index contributed by atoms with van der Waals surface area (Å²) in [6, 6.07) is 10.6. The minimum absolute atomic E-state index is 0.296. The van der Waals surface area contributed by atoms with Crippen LogP contribution in [-0.2, 0) is 9.59 Å². The van der Waals surface area contributed by atoms with Crippen molar-refractivity contribution in [2.75, 3.05) is 10.6 Å². The zero-order valence-corrected chi connectivity index (χ0v) is 15.5. The molecule has 1 saturated carbocycles. The van der Waals surface area contributed by atoms with Crippen molar-refractivity contribution in [2.24, 2.45) is 5.41 Å². The Kier molecular flexibility index (Phi) is 4.76. The number of rotatable bonds is 4. The topological polar surface area (TPSA) is 58.2 Å². The number of aryl methyl sites for hydroxylation is 2. The van der Waals surface area contributed by atoms with Gasteiger partial charge in [-0.25, -0.2) is 0 Å². The molecule has 3 rings (SSSR count). The molecule has 25 heavy (non-hydrogen) atoms. The van der Waals surface area contributed by atoms with Gasteiger partial charge in [0.1, 0.15) is 5.41 Å². The van der Waals surface area contributed by atoms with Crippen LogP contribution < -0.4 is 10.6 Å². The standard InChI is InChI=1S/C19H18Cl2N2O2/c1-11-3-6-15(12(2)9-11)22-17(24)19(7-8-19)18(25)23-16-10-13(20)4-5-14(16)21/h3-6,9-10H,7-8H2,1-2H3,(H,22,24)(H,23,25). The van der Waals surface area contributed by atoms with Gasteiger partial charge in [-0.3, -0.25) is 9.59 Å². The highest BCUT2D eigenvalue weighted by atomic mass is 35.5. The molecule has 130 valence electrons. The summed E-state index contributed by atoms with van der Waals surface area (Å²) >= 11 is 12.0. The third-order valence-corrected chi connectivity index (χ3v) is 4.99. The fourth-order valence-electron chi connectivity index (χ4n) is 2.71. The molecule has 0 bridgehead atoms. The normalized spacial score (nSPS) is 14.7. The van der Waals surface area contributed by atoms with Gasteiger partial charge in [0.25, 0.3) is 0 Å². The predicted octanol–water partition coefficient (Wildman–Crippen LogP) is 4.97. The van der Waals surface area contributed by atoms with Crippen LogP contribution in [0.15, 0.2) is 36.4 Å². The number of halogens is 2. The Morgan fingerprint density at radius 1 is 0.920 bits per heavy atom. The molecule has 2 aromatic carbocycles. The molecular formula is C19H18Cl2N2O2. The van der Waals surface area contributed by atoms with E-state index >= 15 is 0 Å². The molecule has 0 aliphatic heterocycles. The second-order valence-electron chi connectivity index (χ2n) is 6.43. The molecule has 6 heteroatoms. The Labute approximate surface area is 156 Å². The predicted molar refractivity (Wildman–Crippen MR) is 101 cm³/mol. The smallest absolute Gasteiger partial charge is 0.240 e. The van der Waals surface area contributed by atoms with E-state index in [9.17, 15) is 9.59 Å². The molecule has 0 spiro atoms. The van der Waals surface area contributed by atoms with E-state index < -0.39 is 5.41 Å². The Morgan fingerprint density at radius 2 is 1.56 bits per heavy atom. The van der Waals surface area contributed by atoms with Crippen LogP contribution in [-0.4, -0.2) is 11.8 Å². The molecule has 1 fully saturated rings. The molecule has 0 atom stereocenters. The Balaban J connectivity index is 1.75. The summed E-state index contributed by atoms with van der Waals surface area (Å²) in [7, 11) is 0. The lowest BCUT2D eigenvalue weighted by Crippen LogP contribution is -2.35. The van der Waals surface area contributed by atoms with Gasteiger partial charge in [-0.15, -0.1) is 0 Å². The van der Waals surface area contributed by atoms with E-state index in [1.807, 2.05) is 32.0 Å². The van der Waals surface area contributed by atoms with Crippen LogP contribution in [0, 0.1) is 19.3 Å². The van der Waals surface area contributed by atoms with Gasteiger partial charge in [0, 0.05) is 10.7 Å². The number of amides is 2. The molecule has 0 aromatic heterocycles. The van der Waals surface area contributed by atoms with Gasteiger partial charge in [0.15, 0.2) is 0 Å². The van der Waals surface area contributed by atoms with E-state index in [0.717, 1.165) is 16.8 Å². The molecule has 0 unspecified atom stereocenters. The molecule has 0 radical (unpaired) electrons. The van der Waals surface area contributed by atoms with E-state index in [1.54, 1.807) is 18.2 Å². The quantitative estimate of drug-likeness (QED) is 0.740. The van der Waals surface area contributed by atoms with E-state index in [0.29, 0.717) is 28.6 Å². The summed E-state index contributed by atoms with van der Waals surface area (Å²) in [6.07, 6.45) is 1.02. The maximum atomic E-state index is 12.7. The van der Waals surface area contributed by atoms with Crippen LogP contribution in [0.2, 0.25) is 10.0 Å². The molecule has 4 nitrogen and oxygen atoms in total. The number of anilines is 2. The molecule has 0 heterocycles. The van der Waals surface area contributed by atoms with E-state index in [-0.39, 0.29) is 11.8 Å². The highest BCUT2D eigenvalue weighted by molar-refractivity contribution is 6.36. The molecule has 0 saturated heterocycles. The van der Waals surface area contributed by atoms with Gasteiger partial charge >= 0.3 is 0 Å². The van der Waals surface area contributed by atoms with E-state index in [1.165, 1.54) is 0 Å². The van der Waals surface area contributed by atoms with E-state index in [2.05, 4.69) is 10.6 Å². The third kappa shape index (κ3) is 3.65. The van der Waals surface area contributed by atoms with E-state index in [4.69, 9.17) is 23.2 Å². The second kappa shape index (κ2) is 6.70. The zero-order chi connectivity index (χ0) is 18.2. The molecular weight excluding hydrogens is 359 g/mol. The lowest BCUT2D eigenvalue weighted by atomic mass is 10.0. The summed E-state index contributed by atoms with van der Waals surface area (Å²) < 4.78 is 0. The van der Waals surface area contributed by atoms with Crippen molar-refractivity contribution in [3.63, 3.8) is 0 Å². The molecule has 2 aromatic rings. The third-order valence-electron chi connectivity index (χ3n) is 4.43. The van der Waals surface area contributed by atoms with Crippen LogP contribution in [0.1, 0.15) is 24.0 Å². The second-order valence-corrected chi connectivity index (χ2v) is 7.28. The van der Waals surface area contributed by atoms with Gasteiger partial charge in [-0.1, -0.05) is 40.9 Å². The van der Waals surface area contributed by atoms with Crippen LogP contribution in [0.5, 0.6) is 0 Å². The number of carbonyl (C=O) groups excluding carboxylic acids is 2. The number of nitrogens with one attached hydrogen (secondary N) is 2. The van der Waals surface area contributed by atoms with Crippen LogP contribution >= 0.6 is 23.2 Å². The summed E-state index contributed by atoms with van der Waals surface area (Å²) in [5.74, 6) is -0.658. The number of hydrogen-bond acceptors (Lipinski definition) is 2. The van der Waals surface area contributed by atoms with Crippen molar-refractivity contribution in [2.45, 2.75) is 26.7 Å².